The van der Waals surface area contributed by atoms with Crippen LogP contribution in [0.2, 0.25) is 0 Å². The first-order valence-electron chi connectivity index (χ1n) is 5.07. The van der Waals surface area contributed by atoms with Crippen LogP contribution in [0.4, 0.5) is 0 Å². The lowest BCUT2D eigenvalue weighted by Gasteiger charge is -2.10. The molecule has 0 saturated carbocycles. The van der Waals surface area contributed by atoms with Crippen LogP contribution in [0.3, 0.4) is 0 Å². The molecule has 0 aromatic rings. The van der Waals surface area contributed by atoms with Crippen LogP contribution < -0.4 is 5.32 Å². The third-order valence-corrected chi connectivity index (χ3v) is 2.70. The molecule has 0 aromatic carbocycles. The lowest BCUT2D eigenvalue weighted by atomic mass is 10.2. The number of carbonyl (C=O) groups excluding carboxylic acids is 1. The number of carbonyl (C=O) groups is 1. The highest BCUT2D eigenvalue weighted by Crippen LogP contribution is 2.03. The first-order chi connectivity index (χ1) is 6.57. The van der Waals surface area contributed by atoms with Gasteiger partial charge in [0.05, 0.1) is 11.4 Å². The topological polar surface area (TPSA) is 38.3 Å². The van der Waals surface area contributed by atoms with Crippen molar-refractivity contribution in [3.05, 3.63) is 0 Å². The minimum Gasteiger partial charge on any atom is -0.379 e. The summed E-state index contributed by atoms with van der Waals surface area (Å²) in [5.74, 6) is 0.589. The Morgan fingerprint density at radius 3 is 2.64 bits per heavy atom. The van der Waals surface area contributed by atoms with Crippen LogP contribution in [-0.4, -0.2) is 30.5 Å². The molecule has 0 saturated heterocycles. The second kappa shape index (κ2) is 8.24. The number of amides is 1. The number of rotatable bonds is 7. The predicted octanol–water partition coefficient (Wildman–Crippen LogP) is 1.95. The molecule has 1 unspecified atom stereocenters. The first kappa shape index (κ1) is 13.9. The third kappa shape index (κ3) is 7.33. The summed E-state index contributed by atoms with van der Waals surface area (Å²) in [6.45, 7) is 8.10. The molecule has 3 nitrogen and oxygen atoms in total. The number of nitrogens with one attached hydrogen (secondary N) is 1. The van der Waals surface area contributed by atoms with Gasteiger partial charge in [0, 0.05) is 13.2 Å². The summed E-state index contributed by atoms with van der Waals surface area (Å²) in [4.78, 5) is 11.2. The van der Waals surface area contributed by atoms with E-state index >= 15 is 0 Å². The fourth-order valence-corrected chi connectivity index (χ4v) is 1.02. The van der Waals surface area contributed by atoms with Crippen LogP contribution in [0.15, 0.2) is 0 Å². The highest BCUT2D eigenvalue weighted by atomic mass is 79.9. The van der Waals surface area contributed by atoms with Crippen molar-refractivity contribution in [3.63, 3.8) is 0 Å². The van der Waals surface area contributed by atoms with Crippen molar-refractivity contribution in [1.82, 2.24) is 5.32 Å². The summed E-state index contributed by atoms with van der Waals surface area (Å²) in [5.41, 5.74) is 0. The van der Waals surface area contributed by atoms with Gasteiger partial charge in [-0.15, -0.1) is 0 Å². The van der Waals surface area contributed by atoms with E-state index in [0.29, 0.717) is 19.1 Å². The monoisotopic (exact) mass is 265 g/mol. The molecule has 0 bridgehead atoms. The number of halogens is 1. The largest absolute Gasteiger partial charge is 0.379 e. The maximum atomic E-state index is 11.3. The van der Waals surface area contributed by atoms with Crippen LogP contribution in [0.1, 0.15) is 27.2 Å². The van der Waals surface area contributed by atoms with Crippen molar-refractivity contribution < 1.29 is 9.53 Å². The van der Waals surface area contributed by atoms with Gasteiger partial charge in [0.25, 0.3) is 0 Å². The Balaban J connectivity index is 3.32. The third-order valence-electron chi connectivity index (χ3n) is 1.64. The highest BCUT2D eigenvalue weighted by molar-refractivity contribution is 9.10. The van der Waals surface area contributed by atoms with E-state index in [1.54, 1.807) is 0 Å². The molecule has 0 aliphatic rings. The van der Waals surface area contributed by atoms with Crippen molar-refractivity contribution >= 4 is 21.8 Å². The van der Waals surface area contributed by atoms with Crippen molar-refractivity contribution in [1.29, 1.82) is 0 Å². The number of hydrogen-bond donors (Lipinski definition) is 1. The van der Waals surface area contributed by atoms with Crippen molar-refractivity contribution in [2.45, 2.75) is 32.0 Å². The standard InChI is InChI=1S/C10H20BrNO2/c1-4-9(11)10(13)12-5-6-14-7-8(2)3/h8-9H,4-7H2,1-3H3,(H,12,13). The Labute approximate surface area is 94.7 Å². The summed E-state index contributed by atoms with van der Waals surface area (Å²) < 4.78 is 5.33. The van der Waals surface area contributed by atoms with Gasteiger partial charge in [0.2, 0.25) is 5.91 Å². The van der Waals surface area contributed by atoms with E-state index in [1.165, 1.54) is 0 Å². The summed E-state index contributed by atoms with van der Waals surface area (Å²) in [7, 11) is 0. The fraction of sp³-hybridized carbons (Fsp3) is 0.900. The normalized spacial score (nSPS) is 12.9. The van der Waals surface area contributed by atoms with Gasteiger partial charge in [-0.25, -0.2) is 0 Å². The maximum absolute atomic E-state index is 11.3. The maximum Gasteiger partial charge on any atom is 0.233 e. The Morgan fingerprint density at radius 2 is 2.14 bits per heavy atom. The molecule has 14 heavy (non-hydrogen) atoms. The molecule has 0 aliphatic carbocycles. The van der Waals surface area contributed by atoms with Gasteiger partial charge in [-0.3, -0.25) is 4.79 Å². The Kier molecular flexibility index (Phi) is 8.18. The van der Waals surface area contributed by atoms with Crippen molar-refractivity contribution in [3.8, 4) is 0 Å². The molecule has 0 radical (unpaired) electrons. The average Bonchev–Trinajstić information content (AvgIpc) is 2.15. The Hall–Kier alpha value is -0.0900. The van der Waals surface area contributed by atoms with E-state index in [4.69, 9.17) is 4.74 Å². The van der Waals surface area contributed by atoms with Crippen molar-refractivity contribution in [2.24, 2.45) is 5.92 Å². The van der Waals surface area contributed by atoms with Crippen LogP contribution >= 0.6 is 15.9 Å². The Morgan fingerprint density at radius 1 is 1.50 bits per heavy atom. The smallest absolute Gasteiger partial charge is 0.233 e. The summed E-state index contributed by atoms with van der Waals surface area (Å²) in [6, 6.07) is 0. The second-order valence-corrected chi connectivity index (χ2v) is 4.74. The van der Waals surface area contributed by atoms with Crippen LogP contribution in [-0.2, 0) is 9.53 Å². The van der Waals surface area contributed by atoms with Gasteiger partial charge in [-0.2, -0.15) is 0 Å². The molecular weight excluding hydrogens is 246 g/mol. The van der Waals surface area contributed by atoms with Crippen LogP contribution in [0, 0.1) is 5.92 Å². The molecule has 84 valence electrons. The highest BCUT2D eigenvalue weighted by Gasteiger charge is 2.10. The number of alkyl halides is 1. The molecule has 1 atom stereocenters. The molecule has 0 aliphatic heterocycles. The van der Waals surface area contributed by atoms with Crippen molar-refractivity contribution in [2.75, 3.05) is 19.8 Å². The van der Waals surface area contributed by atoms with Crippen LogP contribution in [0.5, 0.6) is 0 Å². The summed E-state index contributed by atoms with van der Waals surface area (Å²) in [5, 5.41) is 2.80. The zero-order valence-corrected chi connectivity index (χ0v) is 10.8. The van der Waals surface area contributed by atoms with Gasteiger partial charge < -0.3 is 10.1 Å². The molecule has 0 fully saturated rings. The number of ether oxygens (including phenoxy) is 1. The predicted molar refractivity (Wildman–Crippen MR) is 61.7 cm³/mol. The first-order valence-corrected chi connectivity index (χ1v) is 5.99. The molecule has 1 N–H and O–H groups in total. The molecule has 0 spiro atoms. The molecule has 0 aromatic heterocycles. The minimum atomic E-state index is -0.0763. The average molecular weight is 266 g/mol. The van der Waals surface area contributed by atoms with Gasteiger partial charge in [-0.1, -0.05) is 36.7 Å². The van der Waals surface area contributed by atoms with Gasteiger partial charge in [0.1, 0.15) is 0 Å². The van der Waals surface area contributed by atoms with E-state index in [-0.39, 0.29) is 10.7 Å². The number of hydrogen-bond acceptors (Lipinski definition) is 2. The molecule has 4 heteroatoms. The molecular formula is C10H20BrNO2. The molecule has 1 amide bonds. The summed E-state index contributed by atoms with van der Waals surface area (Å²) >= 11 is 3.28. The van der Waals surface area contributed by atoms with E-state index < -0.39 is 0 Å². The molecule has 0 rings (SSSR count). The SMILES string of the molecule is CCC(Br)C(=O)NCCOCC(C)C. The summed E-state index contributed by atoms with van der Waals surface area (Å²) in [6.07, 6.45) is 0.804. The zero-order chi connectivity index (χ0) is 11.0. The minimum absolute atomic E-state index is 0.0423. The van der Waals surface area contributed by atoms with Gasteiger partial charge >= 0.3 is 0 Å². The zero-order valence-electron chi connectivity index (χ0n) is 9.18. The fourth-order valence-electron chi connectivity index (χ4n) is 0.862. The second-order valence-electron chi connectivity index (χ2n) is 3.64. The lowest BCUT2D eigenvalue weighted by molar-refractivity contribution is -0.120. The van der Waals surface area contributed by atoms with Crippen LogP contribution in [0.25, 0.3) is 0 Å². The Bertz CT molecular complexity index is 162. The lowest BCUT2D eigenvalue weighted by Crippen LogP contribution is -2.33. The van der Waals surface area contributed by atoms with E-state index in [9.17, 15) is 4.79 Å². The van der Waals surface area contributed by atoms with Gasteiger partial charge in [-0.05, 0) is 12.3 Å². The van der Waals surface area contributed by atoms with Gasteiger partial charge in [0.15, 0.2) is 0 Å². The van der Waals surface area contributed by atoms with E-state index in [0.717, 1.165) is 13.0 Å². The van der Waals surface area contributed by atoms with E-state index in [1.807, 2.05) is 6.92 Å². The molecule has 0 heterocycles. The quantitative estimate of drug-likeness (QED) is 0.565. The van der Waals surface area contributed by atoms with E-state index in [2.05, 4.69) is 35.1 Å².